The van der Waals surface area contributed by atoms with Crippen LogP contribution < -0.4 is 4.74 Å². The van der Waals surface area contributed by atoms with Crippen LogP contribution in [0.15, 0.2) is 18.3 Å². The number of imidazole rings is 1. The molecule has 0 aliphatic carbocycles. The van der Waals surface area contributed by atoms with Crippen molar-refractivity contribution in [2.75, 3.05) is 6.61 Å². The number of phenolic OH excluding ortho intramolecular Hbond substituents is 1. The van der Waals surface area contributed by atoms with Crippen molar-refractivity contribution in [1.29, 1.82) is 0 Å². The van der Waals surface area contributed by atoms with Gasteiger partial charge >= 0.3 is 0 Å². The molecule has 1 aliphatic heterocycles. The zero-order valence-electron chi connectivity index (χ0n) is 10.4. The molecule has 4 nitrogen and oxygen atoms in total. The van der Waals surface area contributed by atoms with Crippen LogP contribution in [0.25, 0.3) is 0 Å². The summed E-state index contributed by atoms with van der Waals surface area (Å²) in [7, 11) is 0. The monoisotopic (exact) mass is 244 g/mol. The molecule has 18 heavy (non-hydrogen) atoms. The second-order valence-corrected chi connectivity index (χ2v) is 4.70. The quantitative estimate of drug-likeness (QED) is 0.869. The summed E-state index contributed by atoms with van der Waals surface area (Å²) >= 11 is 0. The van der Waals surface area contributed by atoms with Crippen molar-refractivity contribution >= 4 is 0 Å². The Bertz CT molecular complexity index is 575. The van der Waals surface area contributed by atoms with Gasteiger partial charge in [0.2, 0.25) is 0 Å². The lowest BCUT2D eigenvalue weighted by Gasteiger charge is -2.06. The van der Waals surface area contributed by atoms with Crippen molar-refractivity contribution in [3.63, 3.8) is 0 Å². The average Bonchev–Trinajstić information content (AvgIpc) is 2.94. The van der Waals surface area contributed by atoms with Crippen LogP contribution in [0.5, 0.6) is 11.5 Å². The second kappa shape index (κ2) is 4.37. The lowest BCUT2D eigenvalue weighted by atomic mass is 10.0. The van der Waals surface area contributed by atoms with Crippen LogP contribution in [0.4, 0.5) is 0 Å². The van der Waals surface area contributed by atoms with Gasteiger partial charge in [-0.1, -0.05) is 0 Å². The molecule has 0 unspecified atom stereocenters. The van der Waals surface area contributed by atoms with E-state index in [0.29, 0.717) is 5.75 Å². The molecule has 1 aromatic carbocycles. The average molecular weight is 244 g/mol. The third-order valence-electron chi connectivity index (χ3n) is 3.28. The van der Waals surface area contributed by atoms with Crippen LogP contribution in [0.3, 0.4) is 0 Å². The summed E-state index contributed by atoms with van der Waals surface area (Å²) in [6.07, 6.45) is 4.26. The SMILES string of the molecule is Cc1cnc(CCc2cc3c(cc2O)CCO3)[nH]1. The highest BCUT2D eigenvalue weighted by Gasteiger charge is 2.15. The summed E-state index contributed by atoms with van der Waals surface area (Å²) in [6.45, 7) is 2.70. The van der Waals surface area contributed by atoms with Crippen molar-refractivity contribution in [3.8, 4) is 11.5 Å². The molecule has 0 bridgehead atoms. The molecule has 0 saturated heterocycles. The van der Waals surface area contributed by atoms with Gasteiger partial charge in [-0.05, 0) is 31.0 Å². The van der Waals surface area contributed by atoms with Gasteiger partial charge in [0.15, 0.2) is 0 Å². The molecule has 2 N–H and O–H groups in total. The number of fused-ring (bicyclic) bond motifs is 1. The Labute approximate surface area is 106 Å². The number of benzene rings is 1. The maximum Gasteiger partial charge on any atom is 0.123 e. The first-order valence-electron chi connectivity index (χ1n) is 6.20. The van der Waals surface area contributed by atoms with E-state index in [2.05, 4.69) is 9.97 Å². The number of hydrogen-bond donors (Lipinski definition) is 2. The summed E-state index contributed by atoms with van der Waals surface area (Å²) in [5, 5.41) is 9.97. The molecule has 4 heteroatoms. The van der Waals surface area contributed by atoms with Crippen molar-refractivity contribution in [2.45, 2.75) is 26.2 Å². The number of hydrogen-bond acceptors (Lipinski definition) is 3. The molecule has 0 radical (unpaired) electrons. The highest BCUT2D eigenvalue weighted by atomic mass is 16.5. The molecule has 0 fully saturated rings. The molecule has 1 aromatic heterocycles. The van der Waals surface area contributed by atoms with Gasteiger partial charge in [-0.3, -0.25) is 0 Å². The number of aromatic amines is 1. The minimum Gasteiger partial charge on any atom is -0.508 e. The fraction of sp³-hybridized carbons (Fsp3) is 0.357. The van der Waals surface area contributed by atoms with E-state index < -0.39 is 0 Å². The van der Waals surface area contributed by atoms with E-state index in [1.54, 1.807) is 0 Å². The van der Waals surface area contributed by atoms with E-state index in [4.69, 9.17) is 4.74 Å². The summed E-state index contributed by atoms with van der Waals surface area (Å²) in [5.41, 5.74) is 3.08. The Balaban J connectivity index is 1.76. The third kappa shape index (κ3) is 2.06. The molecule has 0 atom stereocenters. The van der Waals surface area contributed by atoms with Crippen LogP contribution in [-0.4, -0.2) is 21.7 Å². The number of aromatic nitrogens is 2. The van der Waals surface area contributed by atoms with Gasteiger partial charge in [-0.15, -0.1) is 0 Å². The predicted molar refractivity (Wildman–Crippen MR) is 68.0 cm³/mol. The number of nitrogens with zero attached hydrogens (tertiary/aromatic N) is 1. The maximum absolute atomic E-state index is 9.97. The summed E-state index contributed by atoms with van der Waals surface area (Å²) < 4.78 is 5.52. The van der Waals surface area contributed by atoms with Gasteiger partial charge in [0.05, 0.1) is 6.61 Å². The first kappa shape index (κ1) is 11.1. The summed E-state index contributed by atoms with van der Waals surface area (Å²) in [4.78, 5) is 7.46. The number of phenols is 1. The van der Waals surface area contributed by atoms with Gasteiger partial charge in [0, 0.05) is 30.3 Å². The molecule has 1 aliphatic rings. The number of ether oxygens (including phenoxy) is 1. The van der Waals surface area contributed by atoms with Crippen LogP contribution in [0, 0.1) is 6.92 Å². The van der Waals surface area contributed by atoms with E-state index in [9.17, 15) is 5.11 Å². The van der Waals surface area contributed by atoms with E-state index in [1.165, 1.54) is 0 Å². The van der Waals surface area contributed by atoms with Gasteiger partial charge < -0.3 is 14.8 Å². The van der Waals surface area contributed by atoms with E-state index in [1.807, 2.05) is 25.3 Å². The molecule has 94 valence electrons. The van der Waals surface area contributed by atoms with Crippen LogP contribution in [-0.2, 0) is 19.3 Å². The van der Waals surface area contributed by atoms with Gasteiger partial charge in [-0.25, -0.2) is 4.98 Å². The zero-order valence-corrected chi connectivity index (χ0v) is 10.4. The standard InChI is InChI=1S/C14H16N2O2/c1-9-8-15-14(16-9)3-2-10-7-13-11(4-5-18-13)6-12(10)17/h6-8,17H,2-5H2,1H3,(H,15,16). The van der Waals surface area contributed by atoms with Crippen molar-refractivity contribution < 1.29 is 9.84 Å². The van der Waals surface area contributed by atoms with E-state index >= 15 is 0 Å². The largest absolute Gasteiger partial charge is 0.508 e. The normalized spacial score (nSPS) is 13.4. The first-order chi connectivity index (χ1) is 8.72. The van der Waals surface area contributed by atoms with Crippen LogP contribution in [0.2, 0.25) is 0 Å². The minimum atomic E-state index is 0.363. The Morgan fingerprint density at radius 3 is 3.06 bits per heavy atom. The molecular weight excluding hydrogens is 228 g/mol. The lowest BCUT2D eigenvalue weighted by molar-refractivity contribution is 0.356. The molecule has 2 aromatic rings. The fourth-order valence-corrected chi connectivity index (χ4v) is 2.30. The minimum absolute atomic E-state index is 0.363. The molecule has 2 heterocycles. The highest BCUT2D eigenvalue weighted by molar-refractivity contribution is 5.47. The van der Waals surface area contributed by atoms with Gasteiger partial charge in [0.25, 0.3) is 0 Å². The zero-order chi connectivity index (χ0) is 12.5. The topological polar surface area (TPSA) is 58.1 Å². The molecule has 0 spiro atoms. The second-order valence-electron chi connectivity index (χ2n) is 4.70. The highest BCUT2D eigenvalue weighted by Crippen LogP contribution is 2.32. The van der Waals surface area contributed by atoms with E-state index in [0.717, 1.165) is 54.3 Å². The lowest BCUT2D eigenvalue weighted by Crippen LogP contribution is -1.95. The molecule has 0 saturated carbocycles. The fourth-order valence-electron chi connectivity index (χ4n) is 2.30. The number of H-pyrrole nitrogens is 1. The smallest absolute Gasteiger partial charge is 0.123 e. The molecule has 0 amide bonds. The third-order valence-corrected chi connectivity index (χ3v) is 3.28. The van der Waals surface area contributed by atoms with Crippen molar-refractivity contribution in [3.05, 3.63) is 41.0 Å². The molecular formula is C14H16N2O2. The maximum atomic E-state index is 9.97. The van der Waals surface area contributed by atoms with Crippen LogP contribution in [0.1, 0.15) is 22.6 Å². The predicted octanol–water partition coefficient (Wildman–Crippen LogP) is 2.14. The Morgan fingerprint density at radius 2 is 2.28 bits per heavy atom. The molecule has 3 rings (SSSR count). The number of aryl methyl sites for hydroxylation is 3. The number of nitrogens with one attached hydrogen (secondary N) is 1. The van der Waals surface area contributed by atoms with E-state index in [-0.39, 0.29) is 0 Å². The Kier molecular flexibility index (Phi) is 2.70. The number of rotatable bonds is 3. The van der Waals surface area contributed by atoms with Crippen molar-refractivity contribution in [2.24, 2.45) is 0 Å². The Morgan fingerprint density at radius 1 is 1.39 bits per heavy atom. The van der Waals surface area contributed by atoms with Crippen LogP contribution >= 0.6 is 0 Å². The summed E-state index contributed by atoms with van der Waals surface area (Å²) in [6, 6.07) is 3.78. The summed E-state index contributed by atoms with van der Waals surface area (Å²) in [5.74, 6) is 2.23. The van der Waals surface area contributed by atoms with Gasteiger partial charge in [0.1, 0.15) is 17.3 Å². The Hall–Kier alpha value is -1.97. The number of aromatic hydroxyl groups is 1. The first-order valence-corrected chi connectivity index (χ1v) is 6.20. The van der Waals surface area contributed by atoms with Gasteiger partial charge in [-0.2, -0.15) is 0 Å². The van der Waals surface area contributed by atoms with Crippen molar-refractivity contribution in [1.82, 2.24) is 9.97 Å².